The average molecular weight is 399 g/mol. The van der Waals surface area contributed by atoms with Gasteiger partial charge in [0.25, 0.3) is 5.91 Å². The van der Waals surface area contributed by atoms with E-state index in [2.05, 4.69) is 41.6 Å². The second kappa shape index (κ2) is 8.41. The first kappa shape index (κ1) is 19.7. The highest BCUT2D eigenvalue weighted by molar-refractivity contribution is 5.98. The minimum atomic E-state index is -0.114. The number of hydrogen-bond donors (Lipinski definition) is 1. The molecule has 0 aliphatic carbocycles. The fourth-order valence-electron chi connectivity index (χ4n) is 3.46. The Morgan fingerprint density at radius 2 is 1.80 bits per heavy atom. The number of ether oxygens (including phenoxy) is 1. The van der Waals surface area contributed by atoms with Crippen LogP contribution in [0.25, 0.3) is 10.9 Å². The second-order valence-electron chi connectivity index (χ2n) is 7.53. The van der Waals surface area contributed by atoms with Gasteiger partial charge in [0.1, 0.15) is 5.75 Å². The lowest BCUT2D eigenvalue weighted by Crippen LogP contribution is -2.26. The van der Waals surface area contributed by atoms with Gasteiger partial charge in [-0.2, -0.15) is 5.10 Å². The highest BCUT2D eigenvalue weighted by Crippen LogP contribution is 2.20. The Balaban J connectivity index is 1.53. The number of amides is 1. The van der Waals surface area contributed by atoms with E-state index in [9.17, 15) is 4.79 Å². The third kappa shape index (κ3) is 4.20. The molecule has 0 bridgehead atoms. The van der Waals surface area contributed by atoms with Gasteiger partial charge in [-0.3, -0.25) is 9.48 Å². The number of benzene rings is 3. The third-order valence-electron chi connectivity index (χ3n) is 5.32. The van der Waals surface area contributed by atoms with Crippen LogP contribution in [0, 0.1) is 6.92 Å². The van der Waals surface area contributed by atoms with Crippen molar-refractivity contribution in [1.29, 1.82) is 0 Å². The van der Waals surface area contributed by atoms with Crippen LogP contribution in [0.1, 0.15) is 40.0 Å². The number of nitrogens with zero attached hydrogens (tertiary/aromatic N) is 2. The number of hydrogen-bond acceptors (Lipinski definition) is 3. The number of carbonyl (C=O) groups excluding carboxylic acids is 1. The molecule has 1 N–H and O–H groups in total. The SMILES string of the molecule is COc1ccc([C@H](C)NC(=O)c2ccc3cnn(Cc4ccc(C)cc4)c3c2)cc1. The van der Waals surface area contributed by atoms with Gasteiger partial charge in [0.05, 0.1) is 31.4 Å². The van der Waals surface area contributed by atoms with E-state index in [1.807, 2.05) is 60.3 Å². The van der Waals surface area contributed by atoms with Crippen molar-refractivity contribution in [1.82, 2.24) is 15.1 Å². The summed E-state index contributed by atoms with van der Waals surface area (Å²) in [6, 6.07) is 21.7. The molecule has 1 aromatic heterocycles. The molecule has 0 radical (unpaired) electrons. The van der Waals surface area contributed by atoms with E-state index in [1.54, 1.807) is 7.11 Å². The van der Waals surface area contributed by atoms with Crippen LogP contribution in [-0.2, 0) is 6.54 Å². The van der Waals surface area contributed by atoms with Gasteiger partial charge in [0, 0.05) is 10.9 Å². The van der Waals surface area contributed by atoms with Crippen LogP contribution in [0.3, 0.4) is 0 Å². The molecular weight excluding hydrogens is 374 g/mol. The quantitative estimate of drug-likeness (QED) is 0.502. The van der Waals surface area contributed by atoms with Gasteiger partial charge in [0.2, 0.25) is 0 Å². The van der Waals surface area contributed by atoms with Crippen LogP contribution < -0.4 is 10.1 Å². The van der Waals surface area contributed by atoms with Crippen molar-refractivity contribution in [2.45, 2.75) is 26.4 Å². The van der Waals surface area contributed by atoms with Crippen molar-refractivity contribution < 1.29 is 9.53 Å². The molecule has 4 aromatic rings. The maximum Gasteiger partial charge on any atom is 0.251 e. The van der Waals surface area contributed by atoms with Crippen LogP contribution in [0.4, 0.5) is 0 Å². The van der Waals surface area contributed by atoms with E-state index in [-0.39, 0.29) is 11.9 Å². The van der Waals surface area contributed by atoms with E-state index in [4.69, 9.17) is 4.74 Å². The fraction of sp³-hybridized carbons (Fsp3) is 0.200. The number of aryl methyl sites for hydroxylation is 1. The van der Waals surface area contributed by atoms with Crippen molar-refractivity contribution in [3.05, 3.63) is 95.2 Å². The Morgan fingerprint density at radius 1 is 1.07 bits per heavy atom. The second-order valence-corrected chi connectivity index (χ2v) is 7.53. The molecule has 0 unspecified atom stereocenters. The minimum Gasteiger partial charge on any atom is -0.497 e. The first-order valence-corrected chi connectivity index (χ1v) is 9.99. The molecule has 30 heavy (non-hydrogen) atoms. The number of methoxy groups -OCH3 is 1. The van der Waals surface area contributed by atoms with Crippen molar-refractivity contribution in [2.24, 2.45) is 0 Å². The number of carbonyl (C=O) groups is 1. The molecule has 152 valence electrons. The molecular formula is C25H25N3O2. The summed E-state index contributed by atoms with van der Waals surface area (Å²) in [4.78, 5) is 12.9. The van der Waals surface area contributed by atoms with Gasteiger partial charge in [-0.1, -0.05) is 48.0 Å². The van der Waals surface area contributed by atoms with Gasteiger partial charge < -0.3 is 10.1 Å². The number of aromatic nitrogens is 2. The van der Waals surface area contributed by atoms with Crippen LogP contribution in [0.5, 0.6) is 5.75 Å². The van der Waals surface area contributed by atoms with Gasteiger partial charge >= 0.3 is 0 Å². The molecule has 1 atom stereocenters. The van der Waals surface area contributed by atoms with E-state index < -0.39 is 0 Å². The summed E-state index contributed by atoms with van der Waals surface area (Å²) >= 11 is 0. The highest BCUT2D eigenvalue weighted by Gasteiger charge is 2.14. The van der Waals surface area contributed by atoms with Gasteiger partial charge in [-0.15, -0.1) is 0 Å². The molecule has 1 heterocycles. The summed E-state index contributed by atoms with van der Waals surface area (Å²) in [5.41, 5.74) is 4.99. The summed E-state index contributed by atoms with van der Waals surface area (Å²) < 4.78 is 7.13. The Kier molecular flexibility index (Phi) is 5.53. The predicted molar refractivity (Wildman–Crippen MR) is 119 cm³/mol. The van der Waals surface area contributed by atoms with Crippen LogP contribution in [-0.4, -0.2) is 22.8 Å². The average Bonchev–Trinajstić information content (AvgIpc) is 3.17. The standard InChI is InChI=1S/C25H25N3O2/c1-17-4-6-19(7-5-17)16-28-24-14-21(8-9-22(24)15-26-28)25(29)27-18(2)20-10-12-23(30-3)13-11-20/h4-15,18H,16H2,1-3H3,(H,27,29)/t18-/m0/s1. The monoisotopic (exact) mass is 399 g/mol. The zero-order valence-corrected chi connectivity index (χ0v) is 17.4. The zero-order chi connectivity index (χ0) is 21.1. The molecule has 5 nitrogen and oxygen atoms in total. The molecule has 0 saturated heterocycles. The lowest BCUT2D eigenvalue weighted by molar-refractivity contribution is 0.0940. The number of nitrogens with one attached hydrogen (secondary N) is 1. The van der Waals surface area contributed by atoms with Crippen molar-refractivity contribution in [3.8, 4) is 5.75 Å². The van der Waals surface area contributed by atoms with Crippen molar-refractivity contribution in [2.75, 3.05) is 7.11 Å². The van der Waals surface area contributed by atoms with Crippen molar-refractivity contribution >= 4 is 16.8 Å². The molecule has 3 aromatic carbocycles. The summed E-state index contributed by atoms with van der Waals surface area (Å²) in [6.45, 7) is 4.71. The van der Waals surface area contributed by atoms with E-state index in [0.717, 1.165) is 22.2 Å². The van der Waals surface area contributed by atoms with E-state index in [0.29, 0.717) is 12.1 Å². The largest absolute Gasteiger partial charge is 0.497 e. The van der Waals surface area contributed by atoms with Gasteiger partial charge in [0.15, 0.2) is 0 Å². The molecule has 0 saturated carbocycles. The Morgan fingerprint density at radius 3 is 2.50 bits per heavy atom. The number of fused-ring (bicyclic) bond motifs is 1. The first-order valence-electron chi connectivity index (χ1n) is 9.99. The van der Waals surface area contributed by atoms with Crippen LogP contribution in [0.2, 0.25) is 0 Å². The summed E-state index contributed by atoms with van der Waals surface area (Å²) in [5, 5.41) is 8.60. The molecule has 0 aliphatic rings. The predicted octanol–water partition coefficient (Wildman–Crippen LogP) is 4.89. The molecule has 0 spiro atoms. The Bertz CT molecular complexity index is 1160. The van der Waals surface area contributed by atoms with Crippen LogP contribution in [0.15, 0.2) is 72.9 Å². The maximum absolute atomic E-state index is 12.9. The van der Waals surface area contributed by atoms with Crippen LogP contribution >= 0.6 is 0 Å². The summed E-state index contributed by atoms with van der Waals surface area (Å²) in [6.07, 6.45) is 1.84. The maximum atomic E-state index is 12.9. The lowest BCUT2D eigenvalue weighted by atomic mass is 10.1. The van der Waals surface area contributed by atoms with Crippen molar-refractivity contribution in [3.63, 3.8) is 0 Å². The smallest absolute Gasteiger partial charge is 0.251 e. The zero-order valence-electron chi connectivity index (χ0n) is 17.4. The first-order chi connectivity index (χ1) is 14.5. The van der Waals surface area contributed by atoms with E-state index in [1.165, 1.54) is 11.1 Å². The molecule has 4 rings (SSSR count). The molecule has 0 fully saturated rings. The molecule has 1 amide bonds. The molecule has 5 heteroatoms. The van der Waals surface area contributed by atoms with Gasteiger partial charge in [-0.05, 0) is 49.2 Å². The summed E-state index contributed by atoms with van der Waals surface area (Å²) in [7, 11) is 1.64. The minimum absolute atomic E-state index is 0.108. The summed E-state index contributed by atoms with van der Waals surface area (Å²) in [5.74, 6) is 0.688. The Labute approximate surface area is 176 Å². The van der Waals surface area contributed by atoms with Gasteiger partial charge in [-0.25, -0.2) is 0 Å². The topological polar surface area (TPSA) is 56.1 Å². The lowest BCUT2D eigenvalue weighted by Gasteiger charge is -2.15. The Hall–Kier alpha value is -3.60. The number of rotatable bonds is 6. The normalized spacial score (nSPS) is 12.0. The van der Waals surface area contributed by atoms with E-state index >= 15 is 0 Å². The third-order valence-corrected chi connectivity index (χ3v) is 5.32. The molecule has 0 aliphatic heterocycles. The fourth-order valence-corrected chi connectivity index (χ4v) is 3.46. The highest BCUT2D eigenvalue weighted by atomic mass is 16.5.